The summed E-state index contributed by atoms with van der Waals surface area (Å²) in [6, 6.07) is 8.58. The van der Waals surface area contributed by atoms with Crippen LogP contribution >= 0.6 is 0 Å². The molecular formula is C23H34N4O2S. The van der Waals surface area contributed by atoms with E-state index in [1.54, 1.807) is 11.2 Å². The summed E-state index contributed by atoms with van der Waals surface area (Å²) >= 11 is 0. The van der Waals surface area contributed by atoms with Crippen molar-refractivity contribution in [1.29, 1.82) is 0 Å². The molecule has 164 valence electrons. The Labute approximate surface area is 181 Å². The average molecular weight is 431 g/mol. The minimum atomic E-state index is -3.15. The number of aromatic nitrogens is 2. The molecule has 1 aliphatic heterocycles. The van der Waals surface area contributed by atoms with Crippen LogP contribution in [0.15, 0.2) is 24.3 Å². The Hall–Kier alpha value is -1.99. The topological polar surface area (TPSA) is 66.4 Å². The Morgan fingerprint density at radius 2 is 1.63 bits per heavy atom. The second-order valence-corrected chi connectivity index (χ2v) is 10.8. The molecule has 2 heterocycles. The van der Waals surface area contributed by atoms with E-state index in [1.807, 2.05) is 0 Å². The fourth-order valence-corrected chi connectivity index (χ4v) is 4.92. The molecule has 0 radical (unpaired) electrons. The zero-order valence-corrected chi connectivity index (χ0v) is 19.7. The first-order valence-corrected chi connectivity index (χ1v) is 12.4. The smallest absolute Gasteiger partial charge is 0.213 e. The number of benzene rings is 1. The molecule has 3 rings (SSSR count). The molecule has 7 heteroatoms. The molecule has 6 nitrogen and oxygen atoms in total. The van der Waals surface area contributed by atoms with Crippen molar-refractivity contribution < 1.29 is 8.42 Å². The first-order chi connectivity index (χ1) is 14.2. The third-order valence-electron chi connectivity index (χ3n) is 5.63. The number of hydrogen-bond donors (Lipinski definition) is 0. The van der Waals surface area contributed by atoms with Crippen LogP contribution in [0.5, 0.6) is 0 Å². The van der Waals surface area contributed by atoms with Gasteiger partial charge in [-0.1, -0.05) is 43.7 Å². The van der Waals surface area contributed by atoms with E-state index in [0.29, 0.717) is 32.1 Å². The zero-order chi connectivity index (χ0) is 21.9. The maximum Gasteiger partial charge on any atom is 0.213 e. The van der Waals surface area contributed by atoms with E-state index in [2.05, 4.69) is 56.9 Å². The lowest BCUT2D eigenvalue weighted by Crippen LogP contribution is -2.49. The van der Waals surface area contributed by atoms with Crippen LogP contribution in [0.25, 0.3) is 0 Å². The Bertz CT molecular complexity index is 963. The SMILES string of the molecule is CCS(=O)(=O)N1CCN(c2nc(CC(C)C)nc(C)c2Cc2ccc(C)cc2)CC1. The van der Waals surface area contributed by atoms with Crippen molar-refractivity contribution in [2.75, 3.05) is 36.8 Å². The summed E-state index contributed by atoms with van der Waals surface area (Å²) in [5.74, 6) is 2.46. The summed E-state index contributed by atoms with van der Waals surface area (Å²) in [7, 11) is -3.15. The van der Waals surface area contributed by atoms with Gasteiger partial charge >= 0.3 is 0 Å². The lowest BCUT2D eigenvalue weighted by Gasteiger charge is -2.35. The summed E-state index contributed by atoms with van der Waals surface area (Å²) in [4.78, 5) is 12.0. The van der Waals surface area contributed by atoms with Crippen molar-refractivity contribution in [3.8, 4) is 0 Å². The molecule has 1 saturated heterocycles. The van der Waals surface area contributed by atoms with Crippen molar-refractivity contribution in [2.45, 2.75) is 47.5 Å². The van der Waals surface area contributed by atoms with Crippen LogP contribution < -0.4 is 4.90 Å². The van der Waals surface area contributed by atoms with Crippen LogP contribution in [0.4, 0.5) is 5.82 Å². The molecule has 0 saturated carbocycles. The first-order valence-electron chi connectivity index (χ1n) is 10.8. The van der Waals surface area contributed by atoms with Crippen LogP contribution in [0.3, 0.4) is 0 Å². The number of rotatable bonds is 7. The predicted molar refractivity (Wildman–Crippen MR) is 123 cm³/mol. The Morgan fingerprint density at radius 1 is 1.00 bits per heavy atom. The van der Waals surface area contributed by atoms with Crippen LogP contribution in [0.2, 0.25) is 0 Å². The van der Waals surface area contributed by atoms with E-state index < -0.39 is 10.0 Å². The van der Waals surface area contributed by atoms with Gasteiger partial charge in [-0.25, -0.2) is 18.4 Å². The summed E-state index contributed by atoms with van der Waals surface area (Å²) in [5.41, 5.74) is 4.63. The fraction of sp³-hybridized carbons (Fsp3) is 0.565. The Morgan fingerprint density at radius 3 is 2.20 bits per heavy atom. The average Bonchev–Trinajstić information content (AvgIpc) is 2.71. The lowest BCUT2D eigenvalue weighted by atomic mass is 10.0. The van der Waals surface area contributed by atoms with Gasteiger partial charge in [0.1, 0.15) is 11.6 Å². The highest BCUT2D eigenvalue weighted by Crippen LogP contribution is 2.26. The molecular weight excluding hydrogens is 396 g/mol. The van der Waals surface area contributed by atoms with E-state index in [1.165, 1.54) is 11.1 Å². The highest BCUT2D eigenvalue weighted by atomic mass is 32.2. The maximum atomic E-state index is 12.2. The van der Waals surface area contributed by atoms with Gasteiger partial charge in [0, 0.05) is 50.3 Å². The molecule has 1 fully saturated rings. The number of sulfonamides is 1. The molecule has 0 amide bonds. The molecule has 0 bridgehead atoms. The van der Waals surface area contributed by atoms with E-state index in [-0.39, 0.29) is 5.75 Å². The van der Waals surface area contributed by atoms with Crippen molar-refractivity contribution >= 4 is 15.8 Å². The third kappa shape index (κ3) is 5.38. The maximum absolute atomic E-state index is 12.2. The van der Waals surface area contributed by atoms with Gasteiger partial charge in [-0.3, -0.25) is 0 Å². The first kappa shape index (κ1) is 22.7. The van der Waals surface area contributed by atoms with Crippen LogP contribution in [0, 0.1) is 19.8 Å². The van der Waals surface area contributed by atoms with Gasteiger partial charge in [0.2, 0.25) is 10.0 Å². The quantitative estimate of drug-likeness (QED) is 0.674. The summed E-state index contributed by atoms with van der Waals surface area (Å²) in [6.07, 6.45) is 1.61. The number of hydrogen-bond acceptors (Lipinski definition) is 5. The van der Waals surface area contributed by atoms with E-state index in [0.717, 1.165) is 35.7 Å². The normalized spacial score (nSPS) is 15.7. The number of nitrogens with zero attached hydrogens (tertiary/aromatic N) is 4. The van der Waals surface area contributed by atoms with Crippen molar-refractivity contribution in [2.24, 2.45) is 5.92 Å². The molecule has 1 aliphatic rings. The highest BCUT2D eigenvalue weighted by molar-refractivity contribution is 7.89. The highest BCUT2D eigenvalue weighted by Gasteiger charge is 2.28. The fourth-order valence-electron chi connectivity index (χ4n) is 3.83. The third-order valence-corrected chi connectivity index (χ3v) is 7.51. The number of anilines is 1. The molecule has 1 aromatic carbocycles. The lowest BCUT2D eigenvalue weighted by molar-refractivity contribution is 0.384. The molecule has 2 aromatic rings. The molecule has 0 atom stereocenters. The summed E-state index contributed by atoms with van der Waals surface area (Å²) in [5, 5.41) is 0. The second-order valence-electron chi connectivity index (χ2n) is 8.57. The predicted octanol–water partition coefficient (Wildman–Crippen LogP) is 3.35. The van der Waals surface area contributed by atoms with Crippen molar-refractivity contribution in [3.63, 3.8) is 0 Å². The van der Waals surface area contributed by atoms with Crippen molar-refractivity contribution in [3.05, 3.63) is 52.5 Å². The van der Waals surface area contributed by atoms with Gasteiger partial charge < -0.3 is 4.90 Å². The number of aryl methyl sites for hydroxylation is 2. The van der Waals surface area contributed by atoms with Crippen LogP contribution in [0.1, 0.15) is 49.0 Å². The van der Waals surface area contributed by atoms with Gasteiger partial charge in [0.25, 0.3) is 0 Å². The Balaban J connectivity index is 1.92. The minimum Gasteiger partial charge on any atom is -0.354 e. The second kappa shape index (κ2) is 9.43. The van der Waals surface area contributed by atoms with Crippen LogP contribution in [-0.2, 0) is 22.9 Å². The summed E-state index contributed by atoms with van der Waals surface area (Å²) < 4.78 is 26.1. The zero-order valence-electron chi connectivity index (χ0n) is 18.9. The molecule has 0 aliphatic carbocycles. The van der Waals surface area contributed by atoms with Gasteiger partial charge in [-0.05, 0) is 32.3 Å². The monoisotopic (exact) mass is 430 g/mol. The van der Waals surface area contributed by atoms with E-state index in [9.17, 15) is 8.42 Å². The van der Waals surface area contributed by atoms with E-state index >= 15 is 0 Å². The van der Waals surface area contributed by atoms with Gasteiger partial charge in [-0.15, -0.1) is 0 Å². The standard InChI is InChI=1S/C23H34N4O2S/c1-6-30(28,29)27-13-11-26(12-14-27)23-21(16-20-9-7-18(4)8-10-20)19(5)24-22(25-23)15-17(2)3/h7-10,17H,6,11-16H2,1-5H3. The van der Waals surface area contributed by atoms with Gasteiger partial charge in [-0.2, -0.15) is 4.31 Å². The molecule has 1 aromatic heterocycles. The molecule has 0 unspecified atom stereocenters. The van der Waals surface area contributed by atoms with Crippen LogP contribution in [-0.4, -0.2) is 54.6 Å². The minimum absolute atomic E-state index is 0.150. The van der Waals surface area contributed by atoms with Gasteiger partial charge in [0.05, 0.1) is 5.75 Å². The molecule has 0 N–H and O–H groups in total. The van der Waals surface area contributed by atoms with E-state index in [4.69, 9.17) is 9.97 Å². The Kier molecular flexibility index (Phi) is 7.14. The van der Waals surface area contributed by atoms with Gasteiger partial charge in [0.15, 0.2) is 0 Å². The molecule has 0 spiro atoms. The number of piperazine rings is 1. The summed E-state index contributed by atoms with van der Waals surface area (Å²) in [6.45, 7) is 12.5. The largest absolute Gasteiger partial charge is 0.354 e. The van der Waals surface area contributed by atoms with Crippen molar-refractivity contribution in [1.82, 2.24) is 14.3 Å². The molecule has 30 heavy (non-hydrogen) atoms.